The number of carboxylic acid groups (broad SMARTS) is 1. The van der Waals surface area contributed by atoms with E-state index in [0.717, 1.165) is 22.9 Å². The molecular formula is C15H21N3O6. The van der Waals surface area contributed by atoms with Crippen LogP contribution in [0.1, 0.15) is 39.7 Å². The van der Waals surface area contributed by atoms with E-state index < -0.39 is 34.4 Å². The third-order valence-electron chi connectivity index (χ3n) is 3.53. The van der Waals surface area contributed by atoms with Gasteiger partial charge < -0.3 is 10.4 Å². The summed E-state index contributed by atoms with van der Waals surface area (Å²) in [6.07, 6.45) is 1.80. The highest BCUT2D eigenvalue weighted by Crippen LogP contribution is 2.19. The quantitative estimate of drug-likeness (QED) is 0.542. The highest BCUT2D eigenvalue weighted by atomic mass is 16.6. The Balaban J connectivity index is 3.21. The van der Waals surface area contributed by atoms with E-state index in [4.69, 9.17) is 5.11 Å². The fourth-order valence-corrected chi connectivity index (χ4v) is 2.37. The van der Waals surface area contributed by atoms with Gasteiger partial charge in [0.2, 0.25) is 5.91 Å². The van der Waals surface area contributed by atoms with Gasteiger partial charge in [-0.15, -0.1) is 0 Å². The zero-order valence-electron chi connectivity index (χ0n) is 13.8. The predicted molar refractivity (Wildman–Crippen MR) is 85.7 cm³/mol. The van der Waals surface area contributed by atoms with Gasteiger partial charge in [0, 0.05) is 12.1 Å². The number of carbonyl (C=O) groups is 2. The second kappa shape index (κ2) is 8.23. The van der Waals surface area contributed by atoms with E-state index in [0.29, 0.717) is 6.42 Å². The Morgan fingerprint density at radius 2 is 2.00 bits per heavy atom. The predicted octanol–water partition coefficient (Wildman–Crippen LogP) is 1.32. The molecule has 0 radical (unpaired) electrons. The van der Waals surface area contributed by atoms with E-state index in [1.165, 1.54) is 0 Å². The molecule has 0 fully saturated rings. The minimum atomic E-state index is -1.17. The molecule has 2 N–H and O–H groups in total. The van der Waals surface area contributed by atoms with Gasteiger partial charge in [0.1, 0.15) is 12.1 Å². The molecular weight excluding hydrogens is 318 g/mol. The van der Waals surface area contributed by atoms with Crippen molar-refractivity contribution in [2.45, 2.75) is 45.7 Å². The number of carbonyl (C=O) groups excluding carboxylic acids is 1. The number of aromatic nitrogens is 1. The SMILES string of the molecule is CCCC(NC(=O)C(C(C)C)n1cc([N+](=O)[O-])ccc1=O)C(=O)O. The Bertz CT molecular complexity index is 682. The summed E-state index contributed by atoms with van der Waals surface area (Å²) >= 11 is 0. The summed E-state index contributed by atoms with van der Waals surface area (Å²) in [5.74, 6) is -2.20. The molecule has 9 heteroatoms. The normalized spacial score (nSPS) is 13.3. The van der Waals surface area contributed by atoms with Crippen molar-refractivity contribution in [1.82, 2.24) is 9.88 Å². The maximum atomic E-state index is 12.5. The molecule has 1 aromatic rings. The molecule has 0 spiro atoms. The van der Waals surface area contributed by atoms with Crippen LogP contribution in [0.25, 0.3) is 0 Å². The van der Waals surface area contributed by atoms with Gasteiger partial charge in [0.15, 0.2) is 0 Å². The Morgan fingerprint density at radius 1 is 1.38 bits per heavy atom. The van der Waals surface area contributed by atoms with Crippen molar-refractivity contribution in [3.05, 3.63) is 38.8 Å². The molecule has 0 aromatic carbocycles. The van der Waals surface area contributed by atoms with E-state index >= 15 is 0 Å². The highest BCUT2D eigenvalue weighted by molar-refractivity contribution is 5.86. The van der Waals surface area contributed by atoms with Crippen molar-refractivity contribution in [3.8, 4) is 0 Å². The van der Waals surface area contributed by atoms with Crippen LogP contribution in [0.2, 0.25) is 0 Å². The van der Waals surface area contributed by atoms with Crippen LogP contribution in [0.4, 0.5) is 5.69 Å². The average Bonchev–Trinajstić information content (AvgIpc) is 2.48. The summed E-state index contributed by atoms with van der Waals surface area (Å²) in [4.78, 5) is 46.0. The third-order valence-corrected chi connectivity index (χ3v) is 3.53. The van der Waals surface area contributed by atoms with E-state index in [2.05, 4.69) is 5.32 Å². The largest absolute Gasteiger partial charge is 0.480 e. The number of nitro groups is 1. The Morgan fingerprint density at radius 3 is 2.46 bits per heavy atom. The minimum Gasteiger partial charge on any atom is -0.480 e. The van der Waals surface area contributed by atoms with Crippen molar-refractivity contribution in [1.29, 1.82) is 0 Å². The summed E-state index contributed by atoms with van der Waals surface area (Å²) in [6, 6.07) is -0.0403. The Kier molecular flexibility index (Phi) is 6.63. The number of hydrogen-bond acceptors (Lipinski definition) is 5. The van der Waals surface area contributed by atoms with E-state index in [-0.39, 0.29) is 18.0 Å². The van der Waals surface area contributed by atoms with Crippen LogP contribution >= 0.6 is 0 Å². The van der Waals surface area contributed by atoms with Gasteiger partial charge in [0.05, 0.1) is 11.1 Å². The Hall–Kier alpha value is -2.71. The monoisotopic (exact) mass is 339 g/mol. The first-order valence-electron chi connectivity index (χ1n) is 7.58. The lowest BCUT2D eigenvalue weighted by molar-refractivity contribution is -0.385. The van der Waals surface area contributed by atoms with Gasteiger partial charge in [-0.1, -0.05) is 27.2 Å². The van der Waals surface area contributed by atoms with Crippen molar-refractivity contribution in [3.63, 3.8) is 0 Å². The minimum absolute atomic E-state index is 0.246. The summed E-state index contributed by atoms with van der Waals surface area (Å²) in [6.45, 7) is 5.13. The molecule has 1 heterocycles. The van der Waals surface area contributed by atoms with Crippen LogP contribution in [-0.2, 0) is 9.59 Å². The van der Waals surface area contributed by atoms with Gasteiger partial charge in [-0.25, -0.2) is 4.79 Å². The fourth-order valence-electron chi connectivity index (χ4n) is 2.37. The molecule has 24 heavy (non-hydrogen) atoms. The van der Waals surface area contributed by atoms with Crippen LogP contribution in [0.15, 0.2) is 23.1 Å². The van der Waals surface area contributed by atoms with Gasteiger partial charge in [-0.3, -0.25) is 24.3 Å². The van der Waals surface area contributed by atoms with E-state index in [9.17, 15) is 24.5 Å². The second-order valence-corrected chi connectivity index (χ2v) is 5.77. The summed E-state index contributed by atoms with van der Waals surface area (Å²) in [7, 11) is 0. The number of rotatable bonds is 8. The molecule has 0 aliphatic heterocycles. The van der Waals surface area contributed by atoms with Crippen LogP contribution < -0.4 is 10.9 Å². The molecule has 132 valence electrons. The van der Waals surface area contributed by atoms with E-state index in [1.54, 1.807) is 20.8 Å². The number of amides is 1. The van der Waals surface area contributed by atoms with Crippen molar-refractivity contribution in [2.75, 3.05) is 0 Å². The molecule has 0 saturated heterocycles. The zero-order valence-corrected chi connectivity index (χ0v) is 13.8. The number of hydrogen-bond donors (Lipinski definition) is 2. The molecule has 9 nitrogen and oxygen atoms in total. The smallest absolute Gasteiger partial charge is 0.326 e. The van der Waals surface area contributed by atoms with Crippen molar-refractivity contribution in [2.24, 2.45) is 5.92 Å². The molecule has 1 aromatic heterocycles. The number of aliphatic carboxylic acids is 1. The van der Waals surface area contributed by atoms with Crippen molar-refractivity contribution >= 4 is 17.6 Å². The molecule has 0 bridgehead atoms. The van der Waals surface area contributed by atoms with Crippen LogP contribution in [0.3, 0.4) is 0 Å². The molecule has 0 aliphatic rings. The molecule has 2 atom stereocenters. The molecule has 0 aliphatic carbocycles. The van der Waals surface area contributed by atoms with Gasteiger partial charge in [0.25, 0.3) is 11.2 Å². The van der Waals surface area contributed by atoms with Crippen LogP contribution in [-0.4, -0.2) is 32.5 Å². The first-order valence-corrected chi connectivity index (χ1v) is 7.58. The Labute approximate surface area is 138 Å². The van der Waals surface area contributed by atoms with Gasteiger partial charge in [-0.05, 0) is 12.3 Å². The maximum Gasteiger partial charge on any atom is 0.326 e. The van der Waals surface area contributed by atoms with E-state index in [1.807, 2.05) is 0 Å². The number of nitrogens with one attached hydrogen (secondary N) is 1. The lowest BCUT2D eigenvalue weighted by Gasteiger charge is -2.24. The molecule has 2 unspecified atom stereocenters. The third kappa shape index (κ3) is 4.64. The highest BCUT2D eigenvalue weighted by Gasteiger charge is 2.29. The second-order valence-electron chi connectivity index (χ2n) is 5.77. The first-order chi connectivity index (χ1) is 11.2. The molecule has 1 rings (SSSR count). The van der Waals surface area contributed by atoms with Crippen LogP contribution in [0.5, 0.6) is 0 Å². The molecule has 1 amide bonds. The molecule has 0 saturated carbocycles. The number of carboxylic acids is 1. The summed E-state index contributed by atoms with van der Waals surface area (Å²) in [5.41, 5.74) is -0.895. The number of nitrogens with zero attached hydrogens (tertiary/aromatic N) is 2. The maximum absolute atomic E-state index is 12.5. The lowest BCUT2D eigenvalue weighted by atomic mass is 10.0. The summed E-state index contributed by atoms with van der Waals surface area (Å²) in [5, 5.41) is 22.4. The van der Waals surface area contributed by atoms with Crippen molar-refractivity contribution < 1.29 is 19.6 Å². The fraction of sp³-hybridized carbons (Fsp3) is 0.533. The average molecular weight is 339 g/mol. The topological polar surface area (TPSA) is 132 Å². The lowest BCUT2D eigenvalue weighted by Crippen LogP contribution is -2.46. The van der Waals surface area contributed by atoms with Gasteiger partial charge >= 0.3 is 5.97 Å². The zero-order chi connectivity index (χ0) is 18.4. The van der Waals surface area contributed by atoms with Gasteiger partial charge in [-0.2, -0.15) is 0 Å². The number of pyridine rings is 1. The standard InChI is InChI=1S/C15H21N3O6/c1-4-5-11(15(21)22)16-14(20)13(9(2)3)17-8-10(18(23)24)6-7-12(17)19/h6-9,11,13H,4-5H2,1-3H3,(H,16,20)(H,21,22). The summed E-state index contributed by atoms with van der Waals surface area (Å²) < 4.78 is 0.975. The van der Waals surface area contributed by atoms with Crippen LogP contribution in [0, 0.1) is 16.0 Å². The first kappa shape index (κ1) is 19.3.